The number of fused-ring (bicyclic) bond motifs is 1. The summed E-state index contributed by atoms with van der Waals surface area (Å²) in [7, 11) is 0. The van der Waals surface area contributed by atoms with Crippen molar-refractivity contribution >= 4 is 11.3 Å². The lowest BCUT2D eigenvalue weighted by Crippen LogP contribution is -2.31. The molecule has 6 heteroatoms. The molecule has 0 N–H and O–H groups in total. The smallest absolute Gasteiger partial charge is 0.169 e. The molecule has 5 nitrogen and oxygen atoms in total. The van der Waals surface area contributed by atoms with Crippen LogP contribution in [-0.4, -0.2) is 31.0 Å². The molecule has 0 saturated heterocycles. The maximum absolute atomic E-state index is 4.82. The van der Waals surface area contributed by atoms with Crippen LogP contribution in [-0.2, 0) is 26.1 Å². The van der Waals surface area contributed by atoms with Gasteiger partial charge in [0.05, 0.1) is 22.6 Å². The van der Waals surface area contributed by atoms with Gasteiger partial charge in [0.25, 0.3) is 0 Å². The van der Waals surface area contributed by atoms with E-state index in [2.05, 4.69) is 61.2 Å². The molecule has 0 radical (unpaired) electrons. The van der Waals surface area contributed by atoms with Crippen molar-refractivity contribution in [2.75, 3.05) is 6.54 Å². The lowest BCUT2D eigenvalue weighted by molar-refractivity contribution is 0.237. The van der Waals surface area contributed by atoms with Crippen LogP contribution in [0.3, 0.4) is 0 Å². The summed E-state index contributed by atoms with van der Waals surface area (Å²) in [4.78, 5) is 17.4. The molecule has 0 fully saturated rings. The van der Waals surface area contributed by atoms with Gasteiger partial charge in [-0.3, -0.25) is 4.90 Å². The van der Waals surface area contributed by atoms with Gasteiger partial charge >= 0.3 is 0 Å². The maximum atomic E-state index is 4.82. The molecule has 5 rings (SSSR count). The second kappa shape index (κ2) is 7.66. The van der Waals surface area contributed by atoms with Gasteiger partial charge in [0.2, 0.25) is 0 Å². The highest BCUT2D eigenvalue weighted by Crippen LogP contribution is 2.24. The van der Waals surface area contributed by atoms with Crippen LogP contribution in [0.15, 0.2) is 66.6 Å². The third-order valence-corrected chi connectivity index (χ3v) is 6.00. The van der Waals surface area contributed by atoms with Crippen molar-refractivity contribution in [2.24, 2.45) is 0 Å². The van der Waals surface area contributed by atoms with Crippen LogP contribution in [0, 0.1) is 0 Å². The number of nitrogens with zero attached hydrogens (tertiary/aromatic N) is 5. The molecular formula is C22H21N5S. The molecule has 0 atom stereocenters. The number of benzene rings is 1. The largest absolute Gasteiger partial charge is 0.329 e. The van der Waals surface area contributed by atoms with Gasteiger partial charge in [-0.05, 0) is 17.0 Å². The predicted molar refractivity (Wildman–Crippen MR) is 111 cm³/mol. The number of rotatable bonds is 5. The summed E-state index contributed by atoms with van der Waals surface area (Å²) in [6.45, 7) is 3.63. The third kappa shape index (κ3) is 3.61. The van der Waals surface area contributed by atoms with Crippen molar-refractivity contribution in [3.05, 3.63) is 89.1 Å². The number of aromatic nitrogens is 4. The minimum atomic E-state index is 0.850. The first kappa shape index (κ1) is 17.3. The van der Waals surface area contributed by atoms with E-state index in [4.69, 9.17) is 4.98 Å². The average molecular weight is 388 g/mol. The lowest BCUT2D eigenvalue weighted by Gasteiger charge is -2.28. The van der Waals surface area contributed by atoms with E-state index >= 15 is 0 Å². The molecule has 4 heterocycles. The van der Waals surface area contributed by atoms with Crippen LogP contribution in [0.2, 0.25) is 0 Å². The van der Waals surface area contributed by atoms with E-state index in [1.165, 1.54) is 22.5 Å². The standard InChI is InChI=1S/C22H21N5S/c1-2-5-17(6-3-1)13-27-16-23-12-19(27)15-26-9-8-20-18(14-26)11-24-22(25-20)21-7-4-10-28-21/h1-7,10-12,16H,8-9,13-15H2. The van der Waals surface area contributed by atoms with Crippen molar-refractivity contribution in [3.8, 4) is 10.7 Å². The van der Waals surface area contributed by atoms with Gasteiger partial charge in [0.1, 0.15) is 0 Å². The van der Waals surface area contributed by atoms with Crippen LogP contribution in [0.1, 0.15) is 22.5 Å². The van der Waals surface area contributed by atoms with Gasteiger partial charge in [0, 0.05) is 50.6 Å². The fraction of sp³-hybridized carbons (Fsp3) is 0.227. The zero-order chi connectivity index (χ0) is 18.8. The first-order valence-electron chi connectivity index (χ1n) is 9.49. The highest BCUT2D eigenvalue weighted by Gasteiger charge is 2.20. The van der Waals surface area contributed by atoms with Crippen molar-refractivity contribution < 1.29 is 0 Å². The third-order valence-electron chi connectivity index (χ3n) is 5.13. The Hall–Kier alpha value is -2.83. The van der Waals surface area contributed by atoms with Gasteiger partial charge < -0.3 is 4.57 Å². The highest BCUT2D eigenvalue weighted by molar-refractivity contribution is 7.13. The molecular weight excluding hydrogens is 366 g/mol. The van der Waals surface area contributed by atoms with E-state index in [0.29, 0.717) is 0 Å². The lowest BCUT2D eigenvalue weighted by atomic mass is 10.1. The fourth-order valence-electron chi connectivity index (χ4n) is 3.67. The van der Waals surface area contributed by atoms with E-state index in [1.54, 1.807) is 11.3 Å². The molecule has 0 amide bonds. The monoisotopic (exact) mass is 387 g/mol. The van der Waals surface area contributed by atoms with Crippen molar-refractivity contribution in [1.29, 1.82) is 0 Å². The van der Waals surface area contributed by atoms with Gasteiger partial charge in [0.15, 0.2) is 5.82 Å². The van der Waals surface area contributed by atoms with Gasteiger partial charge in [-0.1, -0.05) is 36.4 Å². The number of hydrogen-bond acceptors (Lipinski definition) is 5. The average Bonchev–Trinajstić information content (AvgIpc) is 3.41. The molecule has 4 aromatic rings. The van der Waals surface area contributed by atoms with Gasteiger partial charge in [-0.25, -0.2) is 15.0 Å². The SMILES string of the molecule is c1ccc(Cn2cncc2CN2CCc3nc(-c4cccs4)ncc3C2)cc1. The van der Waals surface area contributed by atoms with Gasteiger partial charge in [-0.15, -0.1) is 11.3 Å². The van der Waals surface area contributed by atoms with Crippen LogP contribution < -0.4 is 0 Å². The van der Waals surface area contributed by atoms with Crippen molar-refractivity contribution in [1.82, 2.24) is 24.4 Å². The van der Waals surface area contributed by atoms with E-state index in [9.17, 15) is 0 Å². The number of thiophene rings is 1. The quantitative estimate of drug-likeness (QED) is 0.519. The molecule has 0 spiro atoms. The van der Waals surface area contributed by atoms with Crippen molar-refractivity contribution in [2.45, 2.75) is 26.1 Å². The van der Waals surface area contributed by atoms with Gasteiger partial charge in [-0.2, -0.15) is 0 Å². The van der Waals surface area contributed by atoms with Crippen molar-refractivity contribution in [3.63, 3.8) is 0 Å². The maximum Gasteiger partial charge on any atom is 0.169 e. The molecule has 28 heavy (non-hydrogen) atoms. The zero-order valence-electron chi connectivity index (χ0n) is 15.5. The molecule has 1 aliphatic heterocycles. The Bertz CT molecular complexity index is 1060. The Morgan fingerprint density at radius 1 is 1.00 bits per heavy atom. The summed E-state index contributed by atoms with van der Waals surface area (Å²) < 4.78 is 2.24. The molecule has 0 saturated carbocycles. The van der Waals surface area contributed by atoms with E-state index in [-0.39, 0.29) is 0 Å². The van der Waals surface area contributed by atoms with Crippen LogP contribution in [0.4, 0.5) is 0 Å². The Labute approximate surface area is 168 Å². The minimum absolute atomic E-state index is 0.850. The van der Waals surface area contributed by atoms with E-state index in [0.717, 1.165) is 43.3 Å². The Morgan fingerprint density at radius 3 is 2.79 bits per heavy atom. The summed E-state index contributed by atoms with van der Waals surface area (Å²) in [5, 5.41) is 2.07. The van der Waals surface area contributed by atoms with Crippen LogP contribution in [0.25, 0.3) is 10.7 Å². The Balaban J connectivity index is 1.29. The molecule has 3 aromatic heterocycles. The summed E-state index contributed by atoms with van der Waals surface area (Å²) in [5.74, 6) is 0.850. The molecule has 1 aromatic carbocycles. The summed E-state index contributed by atoms with van der Waals surface area (Å²) in [6, 6.07) is 14.6. The molecule has 0 bridgehead atoms. The summed E-state index contributed by atoms with van der Waals surface area (Å²) in [6.07, 6.45) is 6.87. The van der Waals surface area contributed by atoms with Crippen LogP contribution >= 0.6 is 11.3 Å². The van der Waals surface area contributed by atoms with E-state index in [1.807, 2.05) is 24.8 Å². The number of hydrogen-bond donors (Lipinski definition) is 0. The topological polar surface area (TPSA) is 46.8 Å². The normalized spacial score (nSPS) is 14.1. The second-order valence-electron chi connectivity index (χ2n) is 7.10. The fourth-order valence-corrected chi connectivity index (χ4v) is 4.33. The first-order chi connectivity index (χ1) is 13.8. The Morgan fingerprint density at radius 2 is 1.93 bits per heavy atom. The minimum Gasteiger partial charge on any atom is -0.329 e. The molecule has 140 valence electrons. The van der Waals surface area contributed by atoms with Crippen LogP contribution in [0.5, 0.6) is 0 Å². The predicted octanol–water partition coefficient (Wildman–Crippen LogP) is 4.01. The zero-order valence-corrected chi connectivity index (χ0v) is 16.3. The first-order valence-corrected chi connectivity index (χ1v) is 10.4. The second-order valence-corrected chi connectivity index (χ2v) is 8.05. The molecule has 1 aliphatic rings. The van der Waals surface area contributed by atoms with E-state index < -0.39 is 0 Å². The summed E-state index contributed by atoms with van der Waals surface area (Å²) >= 11 is 1.69. The number of imidazole rings is 1. The summed E-state index contributed by atoms with van der Waals surface area (Å²) in [5.41, 5.74) is 4.96. The molecule has 0 aliphatic carbocycles. The Kier molecular flexibility index (Phi) is 4.72. The molecule has 0 unspecified atom stereocenters. The highest BCUT2D eigenvalue weighted by atomic mass is 32.1.